The molecule has 0 saturated heterocycles. The first-order valence-electron chi connectivity index (χ1n) is 6.83. The van der Waals surface area contributed by atoms with Gasteiger partial charge in [0, 0.05) is 13.1 Å². The Morgan fingerprint density at radius 3 is 2.53 bits per heavy atom. The molecule has 2 heterocycles. The van der Waals surface area contributed by atoms with Gasteiger partial charge < -0.3 is 10.6 Å². The summed E-state index contributed by atoms with van der Waals surface area (Å²) in [6, 6.07) is 4.67. The van der Waals surface area contributed by atoms with Gasteiger partial charge in [-0.15, -0.1) is 0 Å². The van der Waals surface area contributed by atoms with Crippen molar-refractivity contribution in [2.45, 2.75) is 39.0 Å². The maximum Gasteiger partial charge on any atom is 0.0614 e. The van der Waals surface area contributed by atoms with Crippen molar-refractivity contribution in [2.75, 3.05) is 23.7 Å². The first-order valence-corrected chi connectivity index (χ1v) is 6.83. The highest BCUT2D eigenvalue weighted by atomic mass is 15.0. The van der Waals surface area contributed by atoms with E-state index in [-0.39, 0.29) is 0 Å². The molecule has 2 N–H and O–H groups in total. The van der Waals surface area contributed by atoms with Crippen molar-refractivity contribution < 1.29 is 0 Å². The molecule has 3 atom stereocenters. The Bertz CT molecular complexity index is 439. The van der Waals surface area contributed by atoms with Gasteiger partial charge in [-0.2, -0.15) is 0 Å². The predicted molar refractivity (Wildman–Crippen MR) is 74.0 cm³/mol. The molecular formula is C15H22N2. The topological polar surface area (TPSA) is 24.1 Å². The minimum absolute atomic E-state index is 0.663. The summed E-state index contributed by atoms with van der Waals surface area (Å²) in [6.07, 6.45) is 1.25. The molecule has 0 saturated carbocycles. The SMILES string of the molecule is CC1CCNc2c1ccc1c2NCC(C)C1C. The van der Waals surface area contributed by atoms with Crippen LogP contribution in [0.15, 0.2) is 12.1 Å². The number of benzene rings is 1. The van der Waals surface area contributed by atoms with E-state index in [1.165, 1.54) is 28.9 Å². The highest BCUT2D eigenvalue weighted by Gasteiger charge is 2.28. The van der Waals surface area contributed by atoms with E-state index in [9.17, 15) is 0 Å². The van der Waals surface area contributed by atoms with Crippen molar-refractivity contribution in [1.82, 2.24) is 0 Å². The normalized spacial score (nSPS) is 30.9. The van der Waals surface area contributed by atoms with Crippen molar-refractivity contribution in [1.29, 1.82) is 0 Å². The lowest BCUT2D eigenvalue weighted by atomic mass is 9.81. The van der Waals surface area contributed by atoms with E-state index >= 15 is 0 Å². The van der Waals surface area contributed by atoms with Crippen molar-refractivity contribution in [2.24, 2.45) is 5.92 Å². The molecule has 2 nitrogen and oxygen atoms in total. The zero-order valence-corrected chi connectivity index (χ0v) is 11.0. The first kappa shape index (κ1) is 10.9. The molecule has 0 bridgehead atoms. The largest absolute Gasteiger partial charge is 0.383 e. The predicted octanol–water partition coefficient (Wildman–Crippen LogP) is 3.77. The number of fused-ring (bicyclic) bond motifs is 3. The van der Waals surface area contributed by atoms with Gasteiger partial charge in [0.1, 0.15) is 0 Å². The van der Waals surface area contributed by atoms with E-state index in [0.717, 1.165) is 19.0 Å². The first-order chi connectivity index (χ1) is 8.18. The molecule has 2 aliphatic heterocycles. The molecule has 1 aromatic carbocycles. The van der Waals surface area contributed by atoms with Crippen LogP contribution in [0.5, 0.6) is 0 Å². The quantitative estimate of drug-likeness (QED) is 0.709. The number of nitrogens with one attached hydrogen (secondary N) is 2. The van der Waals surface area contributed by atoms with E-state index in [1.807, 2.05) is 0 Å². The average molecular weight is 230 g/mol. The molecule has 3 rings (SSSR count). The van der Waals surface area contributed by atoms with Crippen LogP contribution in [0.1, 0.15) is 50.2 Å². The second-order valence-corrected chi connectivity index (χ2v) is 5.76. The van der Waals surface area contributed by atoms with Crippen molar-refractivity contribution in [3.8, 4) is 0 Å². The smallest absolute Gasteiger partial charge is 0.0614 e. The van der Waals surface area contributed by atoms with Gasteiger partial charge in [-0.05, 0) is 35.3 Å². The second-order valence-electron chi connectivity index (χ2n) is 5.76. The van der Waals surface area contributed by atoms with Crippen LogP contribution in [-0.4, -0.2) is 13.1 Å². The Labute approximate surface area is 104 Å². The fourth-order valence-electron chi connectivity index (χ4n) is 3.12. The molecule has 92 valence electrons. The summed E-state index contributed by atoms with van der Waals surface area (Å²) in [7, 11) is 0. The van der Waals surface area contributed by atoms with Crippen molar-refractivity contribution in [3.63, 3.8) is 0 Å². The van der Waals surface area contributed by atoms with Crippen LogP contribution in [0.3, 0.4) is 0 Å². The number of rotatable bonds is 0. The maximum absolute atomic E-state index is 3.63. The summed E-state index contributed by atoms with van der Waals surface area (Å²) in [5.74, 6) is 2.07. The Balaban J connectivity index is 2.12. The summed E-state index contributed by atoms with van der Waals surface area (Å²) < 4.78 is 0. The van der Waals surface area contributed by atoms with E-state index < -0.39 is 0 Å². The van der Waals surface area contributed by atoms with Crippen LogP contribution < -0.4 is 10.6 Å². The van der Waals surface area contributed by atoms with Gasteiger partial charge >= 0.3 is 0 Å². The van der Waals surface area contributed by atoms with E-state index in [4.69, 9.17) is 0 Å². The van der Waals surface area contributed by atoms with Crippen LogP contribution >= 0.6 is 0 Å². The van der Waals surface area contributed by atoms with Gasteiger partial charge in [-0.25, -0.2) is 0 Å². The molecular weight excluding hydrogens is 208 g/mol. The molecule has 2 aliphatic rings. The van der Waals surface area contributed by atoms with Gasteiger partial charge in [0.25, 0.3) is 0 Å². The minimum Gasteiger partial charge on any atom is -0.383 e. The van der Waals surface area contributed by atoms with Gasteiger partial charge in [0.05, 0.1) is 11.4 Å². The van der Waals surface area contributed by atoms with Crippen LogP contribution in [0.25, 0.3) is 0 Å². The molecule has 1 aromatic rings. The Hall–Kier alpha value is -1.18. The lowest BCUT2D eigenvalue weighted by Gasteiger charge is -2.35. The standard InChI is InChI=1S/C15H22N2/c1-9-6-7-16-14-12(9)4-5-13-11(3)10(2)8-17-15(13)14/h4-5,9-11,16-17H,6-8H2,1-3H3. The molecule has 0 spiro atoms. The highest BCUT2D eigenvalue weighted by molar-refractivity contribution is 5.78. The van der Waals surface area contributed by atoms with Crippen LogP contribution in [0.4, 0.5) is 11.4 Å². The zero-order valence-electron chi connectivity index (χ0n) is 11.0. The second kappa shape index (κ2) is 3.94. The highest BCUT2D eigenvalue weighted by Crippen LogP contribution is 2.44. The van der Waals surface area contributed by atoms with Crippen molar-refractivity contribution in [3.05, 3.63) is 23.3 Å². The van der Waals surface area contributed by atoms with Crippen molar-refractivity contribution >= 4 is 11.4 Å². The molecule has 17 heavy (non-hydrogen) atoms. The molecule has 0 radical (unpaired) electrons. The molecule has 0 amide bonds. The molecule has 0 fully saturated rings. The fourth-order valence-corrected chi connectivity index (χ4v) is 3.12. The van der Waals surface area contributed by atoms with Crippen LogP contribution in [-0.2, 0) is 0 Å². The maximum atomic E-state index is 3.63. The Kier molecular flexibility index (Phi) is 2.53. The average Bonchev–Trinajstić information content (AvgIpc) is 2.34. The number of hydrogen-bond acceptors (Lipinski definition) is 2. The summed E-state index contributed by atoms with van der Waals surface area (Å²) in [4.78, 5) is 0. The third-order valence-corrected chi connectivity index (χ3v) is 4.62. The van der Waals surface area contributed by atoms with Gasteiger partial charge in [-0.3, -0.25) is 0 Å². The lowest BCUT2D eigenvalue weighted by Crippen LogP contribution is -2.27. The number of hydrogen-bond donors (Lipinski definition) is 2. The molecule has 3 unspecified atom stereocenters. The third-order valence-electron chi connectivity index (χ3n) is 4.62. The Morgan fingerprint density at radius 2 is 1.71 bits per heavy atom. The summed E-state index contributed by atoms with van der Waals surface area (Å²) in [6.45, 7) is 9.22. The van der Waals surface area contributed by atoms with E-state index in [1.54, 1.807) is 0 Å². The van der Waals surface area contributed by atoms with Crippen LogP contribution in [0, 0.1) is 5.92 Å². The summed E-state index contributed by atoms with van der Waals surface area (Å²) in [5, 5.41) is 7.22. The lowest BCUT2D eigenvalue weighted by molar-refractivity contribution is 0.497. The Morgan fingerprint density at radius 1 is 1.00 bits per heavy atom. The van der Waals surface area contributed by atoms with Gasteiger partial charge in [0.15, 0.2) is 0 Å². The fraction of sp³-hybridized carbons (Fsp3) is 0.600. The van der Waals surface area contributed by atoms with E-state index in [2.05, 4.69) is 43.5 Å². The molecule has 0 aromatic heterocycles. The summed E-state index contributed by atoms with van der Waals surface area (Å²) >= 11 is 0. The number of anilines is 2. The monoisotopic (exact) mass is 230 g/mol. The minimum atomic E-state index is 0.663. The zero-order chi connectivity index (χ0) is 12.0. The van der Waals surface area contributed by atoms with Gasteiger partial charge in [0.2, 0.25) is 0 Å². The van der Waals surface area contributed by atoms with Gasteiger partial charge in [-0.1, -0.05) is 32.9 Å². The van der Waals surface area contributed by atoms with Crippen LogP contribution in [0.2, 0.25) is 0 Å². The van der Waals surface area contributed by atoms with E-state index in [0.29, 0.717) is 11.8 Å². The summed E-state index contributed by atoms with van der Waals surface area (Å²) in [5.41, 5.74) is 5.73. The molecule has 0 aliphatic carbocycles. The molecule has 2 heteroatoms. The third kappa shape index (κ3) is 1.62.